The topological polar surface area (TPSA) is 91.9 Å². The Balaban J connectivity index is 2.12. The molecule has 0 saturated heterocycles. The highest BCUT2D eigenvalue weighted by Gasteiger charge is 2.13. The minimum Gasteiger partial charge on any atom is -0.481 e. The Morgan fingerprint density at radius 2 is 1.96 bits per heavy atom. The number of carboxylic acid groups (broad SMARTS) is 1. The predicted molar refractivity (Wildman–Crippen MR) is 95.5 cm³/mol. The number of carbonyl (C=O) groups is 2. The predicted octanol–water partition coefficient (Wildman–Crippen LogP) is 4.07. The van der Waals surface area contributed by atoms with Gasteiger partial charge in [-0.05, 0) is 38.1 Å². The number of furan rings is 1. The number of hydrogen-bond acceptors (Lipinski definition) is 4. The molecule has 8 heteroatoms. The first-order chi connectivity index (χ1) is 11.8. The molecule has 0 saturated carbocycles. The van der Waals surface area contributed by atoms with Crippen LogP contribution in [-0.2, 0) is 11.2 Å². The average molecular weight is 383 g/mol. The van der Waals surface area contributed by atoms with Crippen LogP contribution in [0.15, 0.2) is 33.8 Å². The lowest BCUT2D eigenvalue weighted by atomic mass is 10.1. The lowest BCUT2D eigenvalue weighted by molar-refractivity contribution is -0.137. The van der Waals surface area contributed by atoms with Crippen molar-refractivity contribution in [3.63, 3.8) is 0 Å². The van der Waals surface area contributed by atoms with E-state index in [0.29, 0.717) is 27.8 Å². The molecule has 1 heterocycles. The fourth-order valence-corrected chi connectivity index (χ4v) is 2.56. The van der Waals surface area contributed by atoms with Gasteiger partial charge in [0, 0.05) is 17.0 Å². The van der Waals surface area contributed by atoms with E-state index in [0.717, 1.165) is 0 Å². The zero-order valence-corrected chi connectivity index (χ0v) is 15.1. The summed E-state index contributed by atoms with van der Waals surface area (Å²) < 4.78 is 5.52. The largest absolute Gasteiger partial charge is 0.481 e. The molecule has 2 aromatic rings. The van der Waals surface area contributed by atoms with Gasteiger partial charge >= 0.3 is 5.97 Å². The molecule has 6 nitrogen and oxygen atoms in total. The number of carbonyl (C=O) groups excluding carboxylic acids is 1. The molecule has 0 atom stereocenters. The van der Waals surface area contributed by atoms with E-state index in [4.69, 9.17) is 32.7 Å². The molecule has 2 N–H and O–H groups in total. The monoisotopic (exact) mass is 382 g/mol. The van der Waals surface area contributed by atoms with E-state index >= 15 is 0 Å². The molecule has 25 heavy (non-hydrogen) atoms. The summed E-state index contributed by atoms with van der Waals surface area (Å²) in [5, 5.41) is 13.4. The lowest BCUT2D eigenvalue weighted by Crippen LogP contribution is -2.19. The summed E-state index contributed by atoms with van der Waals surface area (Å²) >= 11 is 11.8. The van der Waals surface area contributed by atoms with Crippen molar-refractivity contribution in [1.82, 2.24) is 5.43 Å². The van der Waals surface area contributed by atoms with E-state index < -0.39 is 11.9 Å². The van der Waals surface area contributed by atoms with Crippen LogP contribution in [-0.4, -0.2) is 22.7 Å². The number of hydrogen-bond donors (Lipinski definition) is 2. The van der Waals surface area contributed by atoms with Gasteiger partial charge in [-0.1, -0.05) is 23.2 Å². The van der Waals surface area contributed by atoms with E-state index in [1.165, 1.54) is 12.1 Å². The minimum atomic E-state index is -0.897. The maximum atomic E-state index is 12.2. The summed E-state index contributed by atoms with van der Waals surface area (Å²) in [6, 6.07) is 6.29. The number of nitrogens with zero attached hydrogens (tertiary/aromatic N) is 1. The van der Waals surface area contributed by atoms with Gasteiger partial charge in [0.25, 0.3) is 5.91 Å². The third-order valence-electron chi connectivity index (χ3n) is 3.44. The maximum absolute atomic E-state index is 12.2. The second-order valence-electron chi connectivity index (χ2n) is 5.34. The molecule has 1 aromatic carbocycles. The van der Waals surface area contributed by atoms with Crippen molar-refractivity contribution < 1.29 is 19.1 Å². The molecule has 0 radical (unpaired) electrons. The maximum Gasteiger partial charge on any atom is 0.303 e. The molecule has 0 unspecified atom stereocenters. The molecule has 0 bridgehead atoms. The summed E-state index contributed by atoms with van der Waals surface area (Å²) in [6.45, 7) is 3.45. The Morgan fingerprint density at radius 3 is 2.64 bits per heavy atom. The smallest absolute Gasteiger partial charge is 0.303 e. The highest BCUT2D eigenvalue weighted by molar-refractivity contribution is 6.35. The first-order valence-electron chi connectivity index (χ1n) is 7.39. The Bertz CT molecular complexity index is 843. The van der Waals surface area contributed by atoms with Gasteiger partial charge in [-0.3, -0.25) is 9.59 Å². The number of amides is 1. The van der Waals surface area contributed by atoms with Gasteiger partial charge in [0.1, 0.15) is 11.5 Å². The van der Waals surface area contributed by atoms with Gasteiger partial charge in [-0.15, -0.1) is 0 Å². The van der Waals surface area contributed by atoms with Crippen LogP contribution < -0.4 is 5.43 Å². The van der Waals surface area contributed by atoms with E-state index in [1.54, 1.807) is 26.0 Å². The molecule has 0 fully saturated rings. The molecular weight excluding hydrogens is 367 g/mol. The zero-order valence-electron chi connectivity index (χ0n) is 13.6. The lowest BCUT2D eigenvalue weighted by Gasteiger charge is -2.04. The van der Waals surface area contributed by atoms with Crippen LogP contribution in [0.1, 0.15) is 40.8 Å². The summed E-state index contributed by atoms with van der Waals surface area (Å²) in [5.41, 5.74) is 3.86. The summed E-state index contributed by atoms with van der Waals surface area (Å²) in [6.07, 6.45) is 0.264. The standard InChI is InChI=1S/C17H16Cl2N2O4/c1-9(13-8-12(25-10(13)2)4-6-16(22)23)20-21-17(24)14-7-11(18)3-5-15(14)19/h3,5,7-8H,4,6H2,1-2H3,(H,21,24)(H,22,23)/b20-9-. The Hall–Kier alpha value is -2.31. The van der Waals surface area contributed by atoms with Gasteiger partial charge in [0.2, 0.25) is 0 Å². The number of rotatable bonds is 6. The number of nitrogens with one attached hydrogen (secondary N) is 1. The third-order valence-corrected chi connectivity index (χ3v) is 4.01. The van der Waals surface area contributed by atoms with Crippen LogP contribution in [0.25, 0.3) is 0 Å². The first kappa shape index (κ1) is 19.0. The highest BCUT2D eigenvalue weighted by Crippen LogP contribution is 2.21. The first-order valence-corrected chi connectivity index (χ1v) is 8.14. The molecule has 2 rings (SSSR count). The molecule has 132 valence electrons. The van der Waals surface area contributed by atoms with Gasteiger partial charge in [0.15, 0.2) is 0 Å². The summed E-state index contributed by atoms with van der Waals surface area (Å²) in [7, 11) is 0. The molecule has 1 aromatic heterocycles. The fraction of sp³-hybridized carbons (Fsp3) is 0.235. The zero-order chi connectivity index (χ0) is 18.6. The van der Waals surface area contributed by atoms with Crippen molar-refractivity contribution in [3.8, 4) is 0 Å². The van der Waals surface area contributed by atoms with Gasteiger partial charge in [-0.2, -0.15) is 5.10 Å². The molecule has 0 aliphatic rings. The highest BCUT2D eigenvalue weighted by atomic mass is 35.5. The SMILES string of the molecule is C/C(=N/NC(=O)c1cc(Cl)ccc1Cl)c1cc(CCC(=O)O)oc1C. The van der Waals surface area contributed by atoms with Crippen LogP contribution in [0, 0.1) is 6.92 Å². The fourth-order valence-electron chi connectivity index (χ4n) is 2.18. The Labute approximate surface area is 154 Å². The van der Waals surface area contributed by atoms with E-state index in [-0.39, 0.29) is 23.4 Å². The van der Waals surface area contributed by atoms with Crippen LogP contribution >= 0.6 is 23.2 Å². The van der Waals surface area contributed by atoms with Crippen molar-refractivity contribution in [1.29, 1.82) is 0 Å². The van der Waals surface area contributed by atoms with Gasteiger partial charge in [-0.25, -0.2) is 5.43 Å². The Morgan fingerprint density at radius 1 is 1.24 bits per heavy atom. The summed E-state index contributed by atoms with van der Waals surface area (Å²) in [5.74, 6) is -0.240. The molecule has 1 amide bonds. The van der Waals surface area contributed by atoms with Crippen molar-refractivity contribution in [2.24, 2.45) is 5.10 Å². The van der Waals surface area contributed by atoms with E-state index in [1.807, 2.05) is 0 Å². The number of halogens is 2. The van der Waals surface area contributed by atoms with Crippen LogP contribution in [0.3, 0.4) is 0 Å². The number of aliphatic carboxylic acids is 1. The molecule has 0 spiro atoms. The summed E-state index contributed by atoms with van der Waals surface area (Å²) in [4.78, 5) is 22.8. The van der Waals surface area contributed by atoms with Crippen molar-refractivity contribution in [2.45, 2.75) is 26.7 Å². The minimum absolute atomic E-state index is 0.0212. The number of benzene rings is 1. The van der Waals surface area contributed by atoms with Crippen LogP contribution in [0.2, 0.25) is 10.0 Å². The quantitative estimate of drug-likeness (QED) is 0.581. The normalized spacial score (nSPS) is 11.4. The molecule has 0 aliphatic heterocycles. The van der Waals surface area contributed by atoms with E-state index in [9.17, 15) is 9.59 Å². The second kappa shape index (κ2) is 8.18. The number of hydrazone groups is 1. The van der Waals surface area contributed by atoms with E-state index in [2.05, 4.69) is 10.5 Å². The van der Waals surface area contributed by atoms with Gasteiger partial charge in [0.05, 0.1) is 22.7 Å². The molecular formula is C17H16Cl2N2O4. The Kier molecular flexibility index (Phi) is 6.22. The average Bonchev–Trinajstić information content (AvgIpc) is 2.93. The van der Waals surface area contributed by atoms with Crippen molar-refractivity contribution >= 4 is 40.8 Å². The number of aryl methyl sites for hydroxylation is 2. The third kappa shape index (κ3) is 5.08. The van der Waals surface area contributed by atoms with Crippen molar-refractivity contribution in [3.05, 3.63) is 57.0 Å². The van der Waals surface area contributed by atoms with Crippen LogP contribution in [0.5, 0.6) is 0 Å². The second-order valence-corrected chi connectivity index (χ2v) is 6.18. The number of carboxylic acids is 1. The molecule has 0 aliphatic carbocycles. The van der Waals surface area contributed by atoms with Crippen LogP contribution in [0.4, 0.5) is 0 Å². The van der Waals surface area contributed by atoms with Gasteiger partial charge < -0.3 is 9.52 Å². The van der Waals surface area contributed by atoms with Crippen molar-refractivity contribution in [2.75, 3.05) is 0 Å².